The smallest absolute Gasteiger partial charge is 0.191 e. The van der Waals surface area contributed by atoms with Crippen molar-refractivity contribution in [2.24, 2.45) is 5.92 Å². The average Bonchev–Trinajstić information content (AvgIpc) is 2.62. The van der Waals surface area contributed by atoms with Crippen LogP contribution in [0.4, 0.5) is 11.6 Å². The molecule has 5 nitrogen and oxygen atoms in total. The number of rotatable bonds is 6. The molecule has 1 aliphatic rings. The molecule has 1 aliphatic heterocycles. The molecule has 1 saturated heterocycles. The van der Waals surface area contributed by atoms with Crippen molar-refractivity contribution in [3.63, 3.8) is 0 Å². The highest BCUT2D eigenvalue weighted by molar-refractivity contribution is 7.98. The highest BCUT2D eigenvalue weighted by Crippen LogP contribution is 2.26. The van der Waals surface area contributed by atoms with Crippen LogP contribution in [0.15, 0.2) is 41.6 Å². The van der Waals surface area contributed by atoms with E-state index in [2.05, 4.69) is 14.9 Å². The fourth-order valence-corrected chi connectivity index (χ4v) is 3.38. The van der Waals surface area contributed by atoms with Crippen molar-refractivity contribution in [2.45, 2.75) is 24.4 Å². The minimum absolute atomic E-state index is 0.544. The Hall–Kier alpha value is -1.95. The van der Waals surface area contributed by atoms with Crippen molar-refractivity contribution in [3.8, 4) is 5.75 Å². The van der Waals surface area contributed by atoms with E-state index in [0.717, 1.165) is 55.7 Å². The maximum atomic E-state index is 5.88. The van der Waals surface area contributed by atoms with Gasteiger partial charge in [0.15, 0.2) is 5.16 Å². The summed E-state index contributed by atoms with van der Waals surface area (Å²) in [6, 6.07) is 11.9. The van der Waals surface area contributed by atoms with E-state index in [9.17, 15) is 0 Å². The van der Waals surface area contributed by atoms with Gasteiger partial charge >= 0.3 is 0 Å². The first-order valence-corrected chi connectivity index (χ1v) is 9.58. The summed E-state index contributed by atoms with van der Waals surface area (Å²) < 4.78 is 5.81. The number of aromatic nitrogens is 2. The quantitative estimate of drug-likeness (QED) is 0.639. The SMILES string of the molecule is CSc1nc(N)cc(N2CCC(CCOc3ccccc3)CC2)n1. The second-order valence-corrected chi connectivity index (χ2v) is 6.79. The summed E-state index contributed by atoms with van der Waals surface area (Å²) in [6.45, 7) is 2.81. The van der Waals surface area contributed by atoms with E-state index < -0.39 is 0 Å². The summed E-state index contributed by atoms with van der Waals surface area (Å²) in [5.41, 5.74) is 5.88. The molecule has 2 aromatic rings. The molecule has 2 N–H and O–H groups in total. The van der Waals surface area contributed by atoms with Gasteiger partial charge in [0.1, 0.15) is 17.4 Å². The van der Waals surface area contributed by atoms with Crippen LogP contribution in [-0.4, -0.2) is 35.9 Å². The summed E-state index contributed by atoms with van der Waals surface area (Å²) in [6.07, 6.45) is 5.40. The maximum Gasteiger partial charge on any atom is 0.191 e. The molecule has 2 heterocycles. The second-order valence-electron chi connectivity index (χ2n) is 6.02. The summed E-state index contributed by atoms with van der Waals surface area (Å²) >= 11 is 1.53. The predicted octanol–water partition coefficient (Wildman–Crippen LogP) is 3.47. The zero-order valence-corrected chi connectivity index (χ0v) is 14.8. The number of nitrogens with two attached hydrogens (primary N) is 1. The van der Waals surface area contributed by atoms with E-state index in [1.807, 2.05) is 42.7 Å². The molecule has 0 radical (unpaired) electrons. The minimum atomic E-state index is 0.544. The lowest BCUT2D eigenvalue weighted by Crippen LogP contribution is -2.34. The molecule has 1 aromatic carbocycles. The van der Waals surface area contributed by atoms with Crippen LogP contribution in [0.5, 0.6) is 5.75 Å². The predicted molar refractivity (Wildman–Crippen MR) is 99.7 cm³/mol. The van der Waals surface area contributed by atoms with Crippen molar-refractivity contribution >= 4 is 23.4 Å². The van der Waals surface area contributed by atoms with Crippen LogP contribution in [0, 0.1) is 5.92 Å². The average molecular weight is 344 g/mol. The van der Waals surface area contributed by atoms with Gasteiger partial charge in [0.05, 0.1) is 6.61 Å². The Morgan fingerprint density at radius 3 is 2.67 bits per heavy atom. The first-order chi connectivity index (χ1) is 11.7. The van der Waals surface area contributed by atoms with Crippen LogP contribution in [-0.2, 0) is 0 Å². The first-order valence-electron chi connectivity index (χ1n) is 8.36. The third-order valence-electron chi connectivity index (χ3n) is 4.37. The molecule has 128 valence electrons. The number of ether oxygens (including phenoxy) is 1. The normalized spacial score (nSPS) is 15.5. The lowest BCUT2D eigenvalue weighted by molar-refractivity contribution is 0.258. The Morgan fingerprint density at radius 2 is 1.96 bits per heavy atom. The molecule has 0 spiro atoms. The molecule has 3 rings (SSSR count). The van der Waals surface area contributed by atoms with Gasteiger partial charge in [-0.25, -0.2) is 9.97 Å². The van der Waals surface area contributed by atoms with Crippen LogP contribution in [0.25, 0.3) is 0 Å². The molecular weight excluding hydrogens is 320 g/mol. The summed E-state index contributed by atoms with van der Waals surface area (Å²) in [5, 5.41) is 0.739. The fourth-order valence-electron chi connectivity index (χ4n) is 2.99. The number of hydrogen-bond acceptors (Lipinski definition) is 6. The zero-order chi connectivity index (χ0) is 16.8. The van der Waals surface area contributed by atoms with Gasteiger partial charge in [0.2, 0.25) is 0 Å². The third-order valence-corrected chi connectivity index (χ3v) is 4.92. The molecule has 0 bridgehead atoms. The van der Waals surface area contributed by atoms with Crippen molar-refractivity contribution in [3.05, 3.63) is 36.4 Å². The number of nitrogen functional groups attached to an aromatic ring is 1. The third kappa shape index (κ3) is 4.54. The van der Waals surface area contributed by atoms with Crippen molar-refractivity contribution in [1.29, 1.82) is 0 Å². The number of thioether (sulfide) groups is 1. The highest BCUT2D eigenvalue weighted by atomic mass is 32.2. The zero-order valence-electron chi connectivity index (χ0n) is 14.0. The second kappa shape index (κ2) is 8.24. The molecule has 1 fully saturated rings. The van der Waals surface area contributed by atoms with E-state index in [1.165, 1.54) is 11.8 Å². The van der Waals surface area contributed by atoms with Gasteiger partial charge < -0.3 is 15.4 Å². The van der Waals surface area contributed by atoms with Crippen molar-refractivity contribution in [2.75, 3.05) is 36.6 Å². The van der Waals surface area contributed by atoms with Gasteiger partial charge in [-0.1, -0.05) is 30.0 Å². The molecule has 0 amide bonds. The Balaban J connectivity index is 1.46. The number of nitrogens with zero attached hydrogens (tertiary/aromatic N) is 3. The molecule has 0 atom stereocenters. The summed E-state index contributed by atoms with van der Waals surface area (Å²) in [7, 11) is 0. The lowest BCUT2D eigenvalue weighted by atomic mass is 9.94. The van der Waals surface area contributed by atoms with Gasteiger partial charge in [0.25, 0.3) is 0 Å². The largest absolute Gasteiger partial charge is 0.494 e. The van der Waals surface area contributed by atoms with Crippen molar-refractivity contribution in [1.82, 2.24) is 9.97 Å². The number of piperidine rings is 1. The number of anilines is 2. The van der Waals surface area contributed by atoms with Gasteiger partial charge in [-0.15, -0.1) is 0 Å². The van der Waals surface area contributed by atoms with Gasteiger partial charge in [-0.05, 0) is 43.6 Å². The van der Waals surface area contributed by atoms with Gasteiger partial charge in [0, 0.05) is 19.2 Å². The van der Waals surface area contributed by atoms with Crippen molar-refractivity contribution < 1.29 is 4.74 Å². The molecule has 0 saturated carbocycles. The molecule has 0 unspecified atom stereocenters. The fraction of sp³-hybridized carbons (Fsp3) is 0.444. The molecular formula is C18H24N4OS. The van der Waals surface area contributed by atoms with E-state index >= 15 is 0 Å². The van der Waals surface area contributed by atoms with E-state index in [-0.39, 0.29) is 0 Å². The maximum absolute atomic E-state index is 5.88. The molecule has 1 aromatic heterocycles. The lowest BCUT2D eigenvalue weighted by Gasteiger charge is -2.33. The first kappa shape index (κ1) is 16.9. The molecule has 6 heteroatoms. The highest BCUT2D eigenvalue weighted by Gasteiger charge is 2.21. The summed E-state index contributed by atoms with van der Waals surface area (Å²) in [5.74, 6) is 3.16. The Bertz CT molecular complexity index is 645. The van der Waals surface area contributed by atoms with Crippen LogP contribution in [0.1, 0.15) is 19.3 Å². The van der Waals surface area contributed by atoms with Crippen LogP contribution < -0.4 is 15.4 Å². The van der Waals surface area contributed by atoms with E-state index in [4.69, 9.17) is 10.5 Å². The standard InChI is InChI=1S/C18H24N4OS/c1-24-18-20-16(19)13-17(21-18)22-10-7-14(8-11-22)9-12-23-15-5-3-2-4-6-15/h2-6,13-14H,7-12H2,1H3,(H2,19,20,21). The van der Waals surface area contributed by atoms with Crippen LogP contribution in [0.3, 0.4) is 0 Å². The van der Waals surface area contributed by atoms with E-state index in [0.29, 0.717) is 11.7 Å². The van der Waals surface area contributed by atoms with Gasteiger partial charge in [-0.3, -0.25) is 0 Å². The molecule has 0 aliphatic carbocycles. The van der Waals surface area contributed by atoms with E-state index in [1.54, 1.807) is 0 Å². The number of hydrogen-bond donors (Lipinski definition) is 1. The molecule has 24 heavy (non-hydrogen) atoms. The Labute approximate surface area is 147 Å². The number of para-hydroxylation sites is 1. The van der Waals surface area contributed by atoms with Crippen LogP contribution in [0.2, 0.25) is 0 Å². The summed E-state index contributed by atoms with van der Waals surface area (Å²) in [4.78, 5) is 11.1. The number of benzene rings is 1. The Kier molecular flexibility index (Phi) is 5.80. The van der Waals surface area contributed by atoms with Crippen LogP contribution >= 0.6 is 11.8 Å². The van der Waals surface area contributed by atoms with Gasteiger partial charge in [-0.2, -0.15) is 0 Å². The Morgan fingerprint density at radius 1 is 1.21 bits per heavy atom. The minimum Gasteiger partial charge on any atom is -0.494 e. The monoisotopic (exact) mass is 344 g/mol. The topological polar surface area (TPSA) is 64.3 Å².